The molecule has 11 nitrogen and oxygen atoms in total. The van der Waals surface area contributed by atoms with Gasteiger partial charge in [-0.1, -0.05) is 24.3 Å². The zero-order valence-electron chi connectivity index (χ0n) is 18.3. The summed E-state index contributed by atoms with van der Waals surface area (Å²) in [6.07, 6.45) is 2.64. The molecule has 0 aliphatic heterocycles. The van der Waals surface area contributed by atoms with E-state index in [0.717, 1.165) is 0 Å². The molecule has 35 heavy (non-hydrogen) atoms. The molecule has 1 unspecified atom stereocenters. The summed E-state index contributed by atoms with van der Waals surface area (Å²) in [5.74, 6) is -0.576. The summed E-state index contributed by atoms with van der Waals surface area (Å²) in [4.78, 5) is 40.4. The minimum Gasteiger partial charge on any atom is -0.497 e. The molecular weight excluding hydrogens is 473 g/mol. The highest BCUT2D eigenvalue weighted by Crippen LogP contribution is 2.34. The van der Waals surface area contributed by atoms with Gasteiger partial charge in [-0.25, -0.2) is 4.98 Å². The van der Waals surface area contributed by atoms with Crippen molar-refractivity contribution in [3.05, 3.63) is 89.7 Å². The van der Waals surface area contributed by atoms with E-state index >= 15 is 0 Å². The predicted molar refractivity (Wildman–Crippen MR) is 125 cm³/mol. The van der Waals surface area contributed by atoms with Crippen molar-refractivity contribution in [2.75, 3.05) is 7.11 Å². The number of carbonyl (C=O) groups is 1. The van der Waals surface area contributed by atoms with Crippen LogP contribution in [0.1, 0.15) is 27.5 Å². The summed E-state index contributed by atoms with van der Waals surface area (Å²) < 4.78 is 17.0. The fraction of sp³-hybridized carbons (Fsp3) is 0.0870. The third-order valence-corrected chi connectivity index (χ3v) is 6.03. The van der Waals surface area contributed by atoms with Crippen molar-refractivity contribution >= 4 is 18.8 Å². The molecule has 0 fully saturated rings. The first kappa shape index (κ1) is 24.0. The zero-order chi connectivity index (χ0) is 25.0. The van der Waals surface area contributed by atoms with Crippen LogP contribution in [0.4, 0.5) is 0 Å². The molecule has 0 aliphatic carbocycles. The molecule has 4 rings (SSSR count). The average Bonchev–Trinajstić information content (AvgIpc) is 2.87. The normalized spacial score (nSPS) is 12.1. The summed E-state index contributed by atoms with van der Waals surface area (Å²) in [6.45, 7) is 0. The Morgan fingerprint density at radius 2 is 1.83 bits per heavy atom. The molecule has 0 saturated carbocycles. The van der Waals surface area contributed by atoms with Crippen LogP contribution in [0, 0.1) is 0 Å². The lowest BCUT2D eigenvalue weighted by Crippen LogP contribution is -2.30. The van der Waals surface area contributed by atoms with Gasteiger partial charge in [0, 0.05) is 12.4 Å². The second-order valence-corrected chi connectivity index (χ2v) is 8.96. The average molecular weight is 493 g/mol. The molecule has 0 saturated heterocycles. The Balaban J connectivity index is 1.69. The van der Waals surface area contributed by atoms with E-state index < -0.39 is 25.4 Å². The second kappa shape index (κ2) is 9.98. The lowest BCUT2D eigenvalue weighted by molar-refractivity contribution is 0.0939. The Morgan fingerprint density at radius 3 is 2.46 bits per heavy atom. The first-order chi connectivity index (χ1) is 16.8. The maximum atomic E-state index is 13.1. The topological polar surface area (TPSA) is 168 Å². The molecule has 0 bridgehead atoms. The summed E-state index contributed by atoms with van der Waals surface area (Å²) in [6, 6.07) is 15.0. The lowest BCUT2D eigenvalue weighted by Gasteiger charge is -2.21. The summed E-state index contributed by atoms with van der Waals surface area (Å²) in [7, 11) is -3.01. The van der Waals surface area contributed by atoms with E-state index in [1.807, 2.05) is 0 Å². The van der Waals surface area contributed by atoms with Crippen LogP contribution in [0.15, 0.2) is 73.1 Å². The number of ether oxygens (including phenoxy) is 1. The number of nitrogens with one attached hydrogen (secondary N) is 1. The number of rotatable bonds is 7. The quantitative estimate of drug-likeness (QED) is 0.279. The van der Waals surface area contributed by atoms with Crippen molar-refractivity contribution in [2.24, 2.45) is 0 Å². The van der Waals surface area contributed by atoms with E-state index in [1.54, 1.807) is 42.5 Å². The van der Waals surface area contributed by atoms with Gasteiger partial charge in [-0.3, -0.25) is 9.36 Å². The summed E-state index contributed by atoms with van der Waals surface area (Å²) in [5.41, 5.74) is 1.15. The van der Waals surface area contributed by atoms with E-state index in [4.69, 9.17) is 4.74 Å². The van der Waals surface area contributed by atoms with Crippen molar-refractivity contribution < 1.29 is 29.0 Å². The monoisotopic (exact) mass is 493 g/mol. The molecule has 4 aromatic rings. The molecule has 2 aromatic heterocycles. The Hall–Kier alpha value is -4.18. The number of nitrogens with zero attached hydrogens (tertiary/aromatic N) is 4. The van der Waals surface area contributed by atoms with Gasteiger partial charge in [-0.05, 0) is 47.5 Å². The van der Waals surface area contributed by atoms with Crippen molar-refractivity contribution in [3.8, 4) is 23.1 Å². The van der Waals surface area contributed by atoms with Crippen LogP contribution in [0.3, 0.4) is 0 Å². The van der Waals surface area contributed by atoms with Crippen LogP contribution in [0.5, 0.6) is 11.6 Å². The molecule has 2 heterocycles. The minimum atomic E-state index is -4.53. The fourth-order valence-electron chi connectivity index (χ4n) is 3.33. The highest BCUT2D eigenvalue weighted by Gasteiger charge is 2.24. The number of hydrogen-bond acceptors (Lipinski definition) is 8. The van der Waals surface area contributed by atoms with Gasteiger partial charge >= 0.3 is 7.60 Å². The van der Waals surface area contributed by atoms with Crippen LogP contribution in [-0.2, 0) is 4.57 Å². The van der Waals surface area contributed by atoms with Gasteiger partial charge in [0.25, 0.3) is 5.91 Å². The second-order valence-electron chi connectivity index (χ2n) is 7.36. The Labute approximate surface area is 199 Å². The molecule has 1 amide bonds. The maximum Gasteiger partial charge on any atom is 0.356 e. The number of aromatic nitrogens is 4. The third-order valence-electron chi connectivity index (χ3n) is 5.08. The Kier molecular flexibility index (Phi) is 6.83. The lowest BCUT2D eigenvalue weighted by atomic mass is 9.98. The molecule has 4 N–H and O–H groups in total. The first-order valence-electron chi connectivity index (χ1n) is 10.2. The third kappa shape index (κ3) is 5.49. The molecule has 1 atom stereocenters. The largest absolute Gasteiger partial charge is 0.497 e. The van der Waals surface area contributed by atoms with Gasteiger partial charge < -0.3 is 24.9 Å². The van der Waals surface area contributed by atoms with Gasteiger partial charge in [0.1, 0.15) is 17.0 Å². The molecule has 0 aliphatic rings. The van der Waals surface area contributed by atoms with Crippen LogP contribution < -0.4 is 15.4 Å². The van der Waals surface area contributed by atoms with Crippen molar-refractivity contribution in [3.63, 3.8) is 0 Å². The summed E-state index contributed by atoms with van der Waals surface area (Å²) in [5, 5.41) is 20.6. The van der Waals surface area contributed by atoms with Crippen LogP contribution in [0.2, 0.25) is 0 Å². The van der Waals surface area contributed by atoms with Crippen LogP contribution in [0.25, 0.3) is 11.5 Å². The number of aromatic hydroxyl groups is 1. The van der Waals surface area contributed by atoms with Gasteiger partial charge in [0.2, 0.25) is 5.88 Å². The number of hydrogen-bond donors (Lipinski definition) is 4. The molecule has 0 spiro atoms. The molecular formula is C23H20N5O6P. The van der Waals surface area contributed by atoms with Crippen LogP contribution in [-0.4, -0.2) is 48.1 Å². The fourth-order valence-corrected chi connectivity index (χ4v) is 3.92. The van der Waals surface area contributed by atoms with E-state index in [0.29, 0.717) is 22.6 Å². The molecule has 178 valence electrons. The number of benzene rings is 2. The van der Waals surface area contributed by atoms with Crippen molar-refractivity contribution in [1.29, 1.82) is 0 Å². The highest BCUT2D eigenvalue weighted by atomic mass is 31.2. The summed E-state index contributed by atoms with van der Waals surface area (Å²) >= 11 is 0. The predicted octanol–water partition coefficient (Wildman–Crippen LogP) is 1.97. The highest BCUT2D eigenvalue weighted by molar-refractivity contribution is 7.60. The standard InChI is InChI=1S/C23H20N5O6P/c1-34-16-9-7-14(8-10-16)20(15-4-2-5-17(12-15)35(31,32)33)26-22(29)18-13-24-21(27-23(18)30)19-6-3-11-25-28-19/h2-13,20H,1H3,(H,26,29)(H,24,27,30)(H2,31,32,33). The van der Waals surface area contributed by atoms with Gasteiger partial charge in [-0.15, -0.1) is 5.10 Å². The van der Waals surface area contributed by atoms with E-state index in [9.17, 15) is 24.3 Å². The van der Waals surface area contributed by atoms with Crippen LogP contribution >= 0.6 is 7.60 Å². The van der Waals surface area contributed by atoms with Gasteiger partial charge in [0.15, 0.2) is 5.82 Å². The Bertz CT molecular complexity index is 1400. The van der Waals surface area contributed by atoms with E-state index in [1.165, 1.54) is 37.7 Å². The molecule has 2 aromatic carbocycles. The smallest absolute Gasteiger partial charge is 0.356 e. The van der Waals surface area contributed by atoms with E-state index in [2.05, 4.69) is 25.5 Å². The number of amides is 1. The van der Waals surface area contributed by atoms with Gasteiger partial charge in [-0.2, -0.15) is 10.1 Å². The van der Waals surface area contributed by atoms with Gasteiger partial charge in [0.05, 0.1) is 18.5 Å². The first-order valence-corrected chi connectivity index (χ1v) is 11.8. The SMILES string of the molecule is COc1ccc(C(NC(=O)c2cnc(-c3cccnn3)nc2O)c2cccc(P(=O)(O)O)c2)cc1. The van der Waals surface area contributed by atoms with Crippen molar-refractivity contribution in [1.82, 2.24) is 25.5 Å². The molecule has 12 heteroatoms. The van der Waals surface area contributed by atoms with E-state index in [-0.39, 0.29) is 16.7 Å². The van der Waals surface area contributed by atoms with Crippen molar-refractivity contribution in [2.45, 2.75) is 6.04 Å². The number of methoxy groups -OCH3 is 1. The number of carbonyl (C=O) groups excluding carboxylic acids is 1. The molecule has 0 radical (unpaired) electrons. The maximum absolute atomic E-state index is 13.1. The Morgan fingerprint density at radius 1 is 1.06 bits per heavy atom. The minimum absolute atomic E-state index is 0.0909. The zero-order valence-corrected chi connectivity index (χ0v) is 19.2.